The van der Waals surface area contributed by atoms with Crippen LogP contribution in [-0.4, -0.2) is 50.1 Å². The third kappa shape index (κ3) is 3.38. The van der Waals surface area contributed by atoms with Crippen molar-refractivity contribution in [2.24, 2.45) is 0 Å². The molecule has 31 heavy (non-hydrogen) atoms. The van der Waals surface area contributed by atoms with E-state index in [1.807, 2.05) is 41.3 Å². The van der Waals surface area contributed by atoms with E-state index in [0.717, 1.165) is 23.3 Å². The van der Waals surface area contributed by atoms with E-state index in [1.165, 1.54) is 0 Å². The first kappa shape index (κ1) is 19.4. The van der Waals surface area contributed by atoms with Crippen molar-refractivity contribution in [3.05, 3.63) is 75.8 Å². The van der Waals surface area contributed by atoms with Gasteiger partial charge in [0.2, 0.25) is 5.65 Å². The summed E-state index contributed by atoms with van der Waals surface area (Å²) in [6.45, 7) is 3.53. The molecule has 3 heterocycles. The number of aromatic nitrogens is 4. The summed E-state index contributed by atoms with van der Waals surface area (Å²) in [4.78, 5) is 30.7. The maximum Gasteiger partial charge on any atom is 0.294 e. The Kier molecular flexibility index (Phi) is 4.99. The van der Waals surface area contributed by atoms with Gasteiger partial charge in [-0.05, 0) is 30.2 Å². The first-order valence-electron chi connectivity index (χ1n) is 10.5. The molecule has 0 radical (unpaired) electrons. The van der Waals surface area contributed by atoms with Crippen LogP contribution in [0.1, 0.15) is 41.1 Å². The smallest absolute Gasteiger partial charge is 0.294 e. The number of ether oxygens (including phenoxy) is 1. The largest absolute Gasteiger partial charge is 0.377 e. The molecule has 0 bridgehead atoms. The molecule has 2 aromatic heterocycles. The zero-order chi connectivity index (χ0) is 21.4. The SMILES string of the molecule is CCCc1nnc2c(=O)[nH]c3cc(C(=O)N4CCOCC4c4ccccc4)ccc3n12. The minimum Gasteiger partial charge on any atom is -0.377 e. The van der Waals surface area contributed by atoms with Gasteiger partial charge in [0.05, 0.1) is 30.3 Å². The lowest BCUT2D eigenvalue weighted by molar-refractivity contribution is -0.00268. The zero-order valence-corrected chi connectivity index (χ0v) is 17.2. The molecule has 0 spiro atoms. The predicted octanol–water partition coefficient (Wildman–Crippen LogP) is 2.74. The molecule has 1 N–H and O–H groups in total. The van der Waals surface area contributed by atoms with Gasteiger partial charge in [-0.2, -0.15) is 0 Å². The molecular weight excluding hydrogens is 394 g/mol. The second kappa shape index (κ2) is 7.96. The van der Waals surface area contributed by atoms with Gasteiger partial charge in [0.15, 0.2) is 0 Å². The van der Waals surface area contributed by atoms with Crippen LogP contribution in [-0.2, 0) is 11.2 Å². The number of carbonyl (C=O) groups excluding carboxylic acids is 1. The lowest BCUT2D eigenvalue weighted by Crippen LogP contribution is -2.43. The molecule has 1 unspecified atom stereocenters. The summed E-state index contributed by atoms with van der Waals surface area (Å²) in [5.74, 6) is 0.655. The van der Waals surface area contributed by atoms with Gasteiger partial charge in [-0.25, -0.2) is 0 Å². The topological polar surface area (TPSA) is 92.6 Å². The number of amides is 1. The Balaban J connectivity index is 1.56. The first-order valence-corrected chi connectivity index (χ1v) is 10.5. The van der Waals surface area contributed by atoms with Gasteiger partial charge in [0.1, 0.15) is 5.82 Å². The number of hydrogen-bond acceptors (Lipinski definition) is 5. The number of nitrogens with one attached hydrogen (secondary N) is 1. The molecule has 158 valence electrons. The molecule has 1 amide bonds. The van der Waals surface area contributed by atoms with Gasteiger partial charge in [-0.1, -0.05) is 37.3 Å². The van der Waals surface area contributed by atoms with Crippen molar-refractivity contribution in [1.29, 1.82) is 0 Å². The minimum atomic E-state index is -0.319. The van der Waals surface area contributed by atoms with Crippen molar-refractivity contribution in [3.63, 3.8) is 0 Å². The summed E-state index contributed by atoms with van der Waals surface area (Å²) in [6.07, 6.45) is 1.61. The first-order chi connectivity index (χ1) is 15.2. The second-order valence-electron chi connectivity index (χ2n) is 7.71. The van der Waals surface area contributed by atoms with Crippen LogP contribution in [0.25, 0.3) is 16.7 Å². The van der Waals surface area contributed by atoms with Gasteiger partial charge in [-0.15, -0.1) is 10.2 Å². The Bertz CT molecular complexity index is 1310. The highest BCUT2D eigenvalue weighted by atomic mass is 16.5. The van der Waals surface area contributed by atoms with Crippen molar-refractivity contribution in [2.45, 2.75) is 25.8 Å². The van der Waals surface area contributed by atoms with Gasteiger partial charge < -0.3 is 14.6 Å². The minimum absolute atomic E-state index is 0.0856. The maximum atomic E-state index is 13.4. The fourth-order valence-electron chi connectivity index (χ4n) is 4.21. The molecule has 1 fully saturated rings. The Labute approximate surface area is 178 Å². The van der Waals surface area contributed by atoms with Crippen molar-refractivity contribution >= 4 is 22.6 Å². The lowest BCUT2D eigenvalue weighted by Gasteiger charge is -2.36. The van der Waals surface area contributed by atoms with E-state index in [4.69, 9.17) is 4.74 Å². The number of carbonyl (C=O) groups is 1. The molecule has 1 aliphatic rings. The molecule has 8 nitrogen and oxygen atoms in total. The number of rotatable bonds is 4. The van der Waals surface area contributed by atoms with Crippen LogP contribution >= 0.6 is 0 Å². The van der Waals surface area contributed by atoms with Gasteiger partial charge in [0, 0.05) is 18.5 Å². The highest BCUT2D eigenvalue weighted by molar-refractivity contribution is 5.97. The average molecular weight is 417 g/mol. The molecule has 8 heteroatoms. The number of aryl methyl sites for hydroxylation is 1. The molecule has 1 aliphatic heterocycles. The number of morpholine rings is 1. The third-order valence-corrected chi connectivity index (χ3v) is 5.71. The van der Waals surface area contributed by atoms with Crippen LogP contribution < -0.4 is 5.56 Å². The van der Waals surface area contributed by atoms with Crippen LogP contribution in [0, 0.1) is 0 Å². The van der Waals surface area contributed by atoms with Crippen molar-refractivity contribution < 1.29 is 9.53 Å². The van der Waals surface area contributed by atoms with Crippen molar-refractivity contribution in [3.8, 4) is 0 Å². The van der Waals surface area contributed by atoms with E-state index in [0.29, 0.717) is 37.3 Å². The lowest BCUT2D eigenvalue weighted by atomic mass is 10.0. The summed E-state index contributed by atoms with van der Waals surface area (Å²) < 4.78 is 7.44. The van der Waals surface area contributed by atoms with Crippen LogP contribution in [0.4, 0.5) is 0 Å². The molecule has 0 saturated carbocycles. The summed E-state index contributed by atoms with van der Waals surface area (Å²) in [7, 11) is 0. The van der Waals surface area contributed by atoms with E-state index < -0.39 is 0 Å². The zero-order valence-electron chi connectivity index (χ0n) is 17.2. The maximum absolute atomic E-state index is 13.4. The summed E-state index contributed by atoms with van der Waals surface area (Å²) in [6, 6.07) is 15.2. The van der Waals surface area contributed by atoms with Gasteiger partial charge in [0.25, 0.3) is 11.5 Å². The van der Waals surface area contributed by atoms with Crippen LogP contribution in [0.15, 0.2) is 53.3 Å². The van der Waals surface area contributed by atoms with E-state index in [-0.39, 0.29) is 23.2 Å². The van der Waals surface area contributed by atoms with Crippen LogP contribution in [0.3, 0.4) is 0 Å². The molecule has 4 aromatic rings. The summed E-state index contributed by atoms with van der Waals surface area (Å²) >= 11 is 0. The Hall–Kier alpha value is -3.52. The Morgan fingerprint density at radius 1 is 1.19 bits per heavy atom. The normalized spacial score (nSPS) is 16.8. The molecule has 2 aromatic carbocycles. The molecular formula is C23H23N5O3. The number of fused-ring (bicyclic) bond motifs is 3. The van der Waals surface area contributed by atoms with E-state index in [1.54, 1.807) is 16.5 Å². The van der Waals surface area contributed by atoms with E-state index >= 15 is 0 Å². The standard InChI is InChI=1S/C23H23N5O3/c1-2-6-20-25-26-21-22(29)24-17-13-16(9-10-18(17)28(20)21)23(30)27-11-12-31-14-19(27)15-7-4-3-5-8-15/h3-5,7-10,13,19H,2,6,11-12,14H2,1H3,(H,24,29). The second-order valence-corrected chi connectivity index (χ2v) is 7.71. The molecule has 1 saturated heterocycles. The van der Waals surface area contributed by atoms with E-state index in [9.17, 15) is 9.59 Å². The number of nitrogens with zero attached hydrogens (tertiary/aromatic N) is 4. The monoisotopic (exact) mass is 417 g/mol. The van der Waals surface area contributed by atoms with Crippen LogP contribution in [0.5, 0.6) is 0 Å². The fourth-order valence-corrected chi connectivity index (χ4v) is 4.21. The van der Waals surface area contributed by atoms with E-state index in [2.05, 4.69) is 22.1 Å². The molecule has 5 rings (SSSR count). The highest BCUT2D eigenvalue weighted by Crippen LogP contribution is 2.26. The average Bonchev–Trinajstić information content (AvgIpc) is 3.24. The summed E-state index contributed by atoms with van der Waals surface area (Å²) in [5, 5.41) is 8.22. The summed E-state index contributed by atoms with van der Waals surface area (Å²) in [5.41, 5.74) is 2.88. The molecule has 0 aliphatic carbocycles. The number of hydrogen-bond donors (Lipinski definition) is 1. The quantitative estimate of drug-likeness (QED) is 0.551. The van der Waals surface area contributed by atoms with Crippen LogP contribution in [0.2, 0.25) is 0 Å². The Morgan fingerprint density at radius 3 is 2.84 bits per heavy atom. The number of benzene rings is 2. The number of H-pyrrole nitrogens is 1. The predicted molar refractivity (Wildman–Crippen MR) is 116 cm³/mol. The fraction of sp³-hybridized carbons (Fsp3) is 0.304. The molecule has 1 atom stereocenters. The van der Waals surface area contributed by atoms with Crippen molar-refractivity contribution in [2.75, 3.05) is 19.8 Å². The highest BCUT2D eigenvalue weighted by Gasteiger charge is 2.29. The Morgan fingerprint density at radius 2 is 2.03 bits per heavy atom. The van der Waals surface area contributed by atoms with Gasteiger partial charge in [-0.3, -0.25) is 14.0 Å². The number of aromatic amines is 1. The van der Waals surface area contributed by atoms with Crippen molar-refractivity contribution in [1.82, 2.24) is 24.5 Å². The third-order valence-electron chi connectivity index (χ3n) is 5.71. The van der Waals surface area contributed by atoms with Gasteiger partial charge >= 0.3 is 0 Å².